The summed E-state index contributed by atoms with van der Waals surface area (Å²) in [6, 6.07) is 4.11. The number of tetrazole rings is 1. The normalized spacial score (nSPS) is 12.6. The molecule has 0 aliphatic heterocycles. The minimum absolute atomic E-state index is 0.0573. The third-order valence-electron chi connectivity index (χ3n) is 2.31. The smallest absolute Gasteiger partial charge is 0.191 e. The van der Waals surface area contributed by atoms with E-state index in [4.69, 9.17) is 0 Å². The molecule has 0 saturated carbocycles. The van der Waals surface area contributed by atoms with E-state index in [0.29, 0.717) is 12.4 Å². The summed E-state index contributed by atoms with van der Waals surface area (Å²) in [6.45, 7) is 4.70. The Bertz CT molecular complexity index is 421. The van der Waals surface area contributed by atoms with Crippen LogP contribution in [0.4, 0.5) is 0 Å². The van der Waals surface area contributed by atoms with Crippen LogP contribution in [0.5, 0.6) is 0 Å². The van der Waals surface area contributed by atoms with E-state index in [9.17, 15) is 0 Å². The Labute approximate surface area is 93.5 Å². The summed E-state index contributed by atoms with van der Waals surface area (Å²) in [4.78, 5) is 4.30. The number of hydrogen-bond acceptors (Lipinski definition) is 5. The first kappa shape index (κ1) is 10.7. The second kappa shape index (κ2) is 4.80. The third kappa shape index (κ3) is 2.60. The van der Waals surface area contributed by atoms with Crippen molar-refractivity contribution >= 4 is 0 Å². The Morgan fingerprint density at radius 2 is 2.31 bits per heavy atom. The molecule has 2 aromatic heterocycles. The van der Waals surface area contributed by atoms with Crippen molar-refractivity contribution in [3.63, 3.8) is 0 Å². The van der Waals surface area contributed by atoms with Crippen LogP contribution in [0.3, 0.4) is 0 Å². The molecule has 1 atom stereocenters. The molecule has 0 bridgehead atoms. The third-order valence-corrected chi connectivity index (χ3v) is 2.31. The van der Waals surface area contributed by atoms with E-state index >= 15 is 0 Å². The molecule has 0 radical (unpaired) electrons. The standard InChI is InChI=1S/C10H14N6/c1-7-3-4-9(12-5-7)6-11-8(2)10-13-15-16-14-10/h3-5,8,11H,6H2,1-2H3,(H,13,14,15,16). The van der Waals surface area contributed by atoms with Crippen molar-refractivity contribution in [2.45, 2.75) is 26.4 Å². The zero-order chi connectivity index (χ0) is 11.4. The molecule has 0 aliphatic carbocycles. The van der Waals surface area contributed by atoms with E-state index in [1.807, 2.05) is 32.2 Å². The van der Waals surface area contributed by atoms with Gasteiger partial charge in [-0.1, -0.05) is 11.3 Å². The average molecular weight is 218 g/mol. The van der Waals surface area contributed by atoms with Crippen molar-refractivity contribution in [2.75, 3.05) is 0 Å². The van der Waals surface area contributed by atoms with Gasteiger partial charge in [0.1, 0.15) is 0 Å². The molecule has 0 saturated heterocycles. The molecule has 16 heavy (non-hydrogen) atoms. The molecular weight excluding hydrogens is 204 g/mol. The minimum atomic E-state index is 0.0573. The second-order valence-corrected chi connectivity index (χ2v) is 3.70. The van der Waals surface area contributed by atoms with Gasteiger partial charge in [0, 0.05) is 12.7 Å². The van der Waals surface area contributed by atoms with Gasteiger partial charge < -0.3 is 5.32 Å². The van der Waals surface area contributed by atoms with Crippen LogP contribution in [0.1, 0.15) is 30.0 Å². The van der Waals surface area contributed by atoms with Gasteiger partial charge in [-0.25, -0.2) is 0 Å². The average Bonchev–Trinajstić information content (AvgIpc) is 2.81. The van der Waals surface area contributed by atoms with Gasteiger partial charge in [0.15, 0.2) is 5.82 Å². The molecule has 0 aliphatic rings. The predicted octanol–water partition coefficient (Wildman–Crippen LogP) is 0.754. The van der Waals surface area contributed by atoms with Crippen LogP contribution in [-0.4, -0.2) is 25.6 Å². The van der Waals surface area contributed by atoms with E-state index in [1.165, 1.54) is 0 Å². The number of rotatable bonds is 4. The van der Waals surface area contributed by atoms with E-state index in [2.05, 4.69) is 30.9 Å². The number of hydrogen-bond donors (Lipinski definition) is 2. The van der Waals surface area contributed by atoms with Gasteiger partial charge in [-0.2, -0.15) is 5.21 Å². The summed E-state index contributed by atoms with van der Waals surface area (Å²) in [7, 11) is 0. The van der Waals surface area contributed by atoms with Gasteiger partial charge in [0.05, 0.1) is 11.7 Å². The maximum atomic E-state index is 4.30. The maximum Gasteiger partial charge on any atom is 0.191 e. The molecule has 0 spiro atoms. The van der Waals surface area contributed by atoms with Gasteiger partial charge in [0.2, 0.25) is 0 Å². The van der Waals surface area contributed by atoms with Crippen LogP contribution >= 0.6 is 0 Å². The van der Waals surface area contributed by atoms with Gasteiger partial charge in [-0.15, -0.1) is 10.2 Å². The van der Waals surface area contributed by atoms with Gasteiger partial charge >= 0.3 is 0 Å². The largest absolute Gasteiger partial charge is 0.302 e. The lowest BCUT2D eigenvalue weighted by atomic mass is 10.2. The first-order chi connectivity index (χ1) is 7.75. The van der Waals surface area contributed by atoms with E-state index in [-0.39, 0.29) is 6.04 Å². The molecule has 6 heteroatoms. The fourth-order valence-electron chi connectivity index (χ4n) is 1.30. The molecule has 2 heterocycles. The topological polar surface area (TPSA) is 79.4 Å². The zero-order valence-electron chi connectivity index (χ0n) is 9.31. The molecule has 2 N–H and O–H groups in total. The van der Waals surface area contributed by atoms with Crippen LogP contribution in [0.25, 0.3) is 0 Å². The highest BCUT2D eigenvalue weighted by Crippen LogP contribution is 2.05. The highest BCUT2D eigenvalue weighted by atomic mass is 15.5. The maximum absolute atomic E-state index is 4.30. The van der Waals surface area contributed by atoms with Crippen molar-refractivity contribution < 1.29 is 0 Å². The lowest BCUT2D eigenvalue weighted by molar-refractivity contribution is 0.541. The summed E-state index contributed by atoms with van der Waals surface area (Å²) >= 11 is 0. The SMILES string of the molecule is Cc1ccc(CNC(C)c2nn[nH]n2)nc1. The first-order valence-corrected chi connectivity index (χ1v) is 5.14. The fraction of sp³-hybridized carbons (Fsp3) is 0.400. The summed E-state index contributed by atoms with van der Waals surface area (Å²) in [5.74, 6) is 0.659. The van der Waals surface area contributed by atoms with E-state index in [0.717, 1.165) is 11.3 Å². The molecule has 0 fully saturated rings. The van der Waals surface area contributed by atoms with Gasteiger partial charge in [-0.05, 0) is 25.5 Å². The van der Waals surface area contributed by atoms with Crippen LogP contribution in [0, 0.1) is 6.92 Å². The minimum Gasteiger partial charge on any atom is -0.302 e. The molecule has 84 valence electrons. The second-order valence-electron chi connectivity index (χ2n) is 3.70. The summed E-state index contributed by atoms with van der Waals surface area (Å²) in [6.07, 6.45) is 1.86. The number of aryl methyl sites for hydroxylation is 1. The number of aromatic amines is 1. The van der Waals surface area contributed by atoms with Gasteiger partial charge in [0.25, 0.3) is 0 Å². The van der Waals surface area contributed by atoms with Crippen LogP contribution < -0.4 is 5.32 Å². The number of nitrogens with zero attached hydrogens (tertiary/aromatic N) is 4. The Balaban J connectivity index is 1.90. The Hall–Kier alpha value is -1.82. The summed E-state index contributed by atoms with van der Waals surface area (Å²) in [5, 5.41) is 17.0. The van der Waals surface area contributed by atoms with Crippen LogP contribution in [-0.2, 0) is 6.54 Å². The number of nitrogens with one attached hydrogen (secondary N) is 2. The van der Waals surface area contributed by atoms with Crippen LogP contribution in [0.15, 0.2) is 18.3 Å². The molecule has 2 rings (SSSR count). The van der Waals surface area contributed by atoms with Crippen molar-refractivity contribution in [1.82, 2.24) is 30.9 Å². The van der Waals surface area contributed by atoms with Crippen LogP contribution in [0.2, 0.25) is 0 Å². The lowest BCUT2D eigenvalue weighted by Crippen LogP contribution is -2.19. The number of pyridine rings is 1. The molecule has 1 unspecified atom stereocenters. The molecule has 2 aromatic rings. The predicted molar refractivity (Wildman–Crippen MR) is 58.4 cm³/mol. The monoisotopic (exact) mass is 218 g/mol. The molecular formula is C10H14N6. The number of H-pyrrole nitrogens is 1. The lowest BCUT2D eigenvalue weighted by Gasteiger charge is -2.08. The van der Waals surface area contributed by atoms with Crippen molar-refractivity contribution in [2.24, 2.45) is 0 Å². The van der Waals surface area contributed by atoms with E-state index in [1.54, 1.807) is 0 Å². The van der Waals surface area contributed by atoms with Crippen molar-refractivity contribution in [3.05, 3.63) is 35.4 Å². The fourth-order valence-corrected chi connectivity index (χ4v) is 1.30. The Kier molecular flexibility index (Phi) is 3.21. The highest BCUT2D eigenvalue weighted by Gasteiger charge is 2.09. The molecule has 0 amide bonds. The van der Waals surface area contributed by atoms with E-state index < -0.39 is 0 Å². The summed E-state index contributed by atoms with van der Waals surface area (Å²) < 4.78 is 0. The van der Waals surface area contributed by atoms with Gasteiger partial charge in [-0.3, -0.25) is 4.98 Å². The molecule has 0 aromatic carbocycles. The highest BCUT2D eigenvalue weighted by molar-refractivity contribution is 5.12. The number of aromatic nitrogens is 5. The Morgan fingerprint density at radius 3 is 2.94 bits per heavy atom. The molecule has 6 nitrogen and oxygen atoms in total. The first-order valence-electron chi connectivity index (χ1n) is 5.14. The van der Waals surface area contributed by atoms with Crippen molar-refractivity contribution in [3.8, 4) is 0 Å². The summed E-state index contributed by atoms with van der Waals surface area (Å²) in [5.41, 5.74) is 2.16. The zero-order valence-corrected chi connectivity index (χ0v) is 9.31. The Morgan fingerprint density at radius 1 is 1.44 bits per heavy atom. The van der Waals surface area contributed by atoms with Crippen molar-refractivity contribution in [1.29, 1.82) is 0 Å². The quantitative estimate of drug-likeness (QED) is 0.791.